The number of fused-ring (bicyclic) bond motifs is 1. The molecule has 1 N–H and O–H groups in total. The number of hydrogen-bond donors (Lipinski definition) is 1. The summed E-state index contributed by atoms with van der Waals surface area (Å²) in [6, 6.07) is 7.69. The van der Waals surface area contributed by atoms with Gasteiger partial charge in [0, 0.05) is 38.1 Å². The van der Waals surface area contributed by atoms with E-state index in [2.05, 4.69) is 14.9 Å². The molecule has 3 aromatic heterocycles. The minimum atomic E-state index is -0.898. The highest BCUT2D eigenvalue weighted by molar-refractivity contribution is 5.65. The van der Waals surface area contributed by atoms with Gasteiger partial charge in [0.1, 0.15) is 5.82 Å². The number of hydrogen-bond acceptors (Lipinski definition) is 5. The normalized spacial score (nSPS) is 17.2. The van der Waals surface area contributed by atoms with Crippen LogP contribution in [-0.2, 0) is 0 Å². The standard InChI is InChI=1S/C17H18N6O2/c1-21(17(24)25)13-6-9-22(11-13)16-3-2-15-19-10-14(23(15)20-16)12-4-7-18-8-5-12/h2-5,7-8,10,13H,6,9,11H2,1H3,(H,24,25). The third kappa shape index (κ3) is 2.75. The van der Waals surface area contributed by atoms with Gasteiger partial charge in [0.15, 0.2) is 5.65 Å². The molecule has 8 nitrogen and oxygen atoms in total. The van der Waals surface area contributed by atoms with Crippen molar-refractivity contribution < 1.29 is 9.90 Å². The number of carbonyl (C=O) groups is 1. The Bertz CT molecular complexity index is 910. The van der Waals surface area contributed by atoms with Crippen molar-refractivity contribution in [1.82, 2.24) is 24.5 Å². The van der Waals surface area contributed by atoms with Crippen molar-refractivity contribution >= 4 is 17.6 Å². The van der Waals surface area contributed by atoms with Gasteiger partial charge in [-0.2, -0.15) is 0 Å². The molecule has 1 aliphatic rings. The van der Waals surface area contributed by atoms with E-state index in [0.717, 1.165) is 35.7 Å². The molecular formula is C17H18N6O2. The Morgan fingerprint density at radius 1 is 1.28 bits per heavy atom. The van der Waals surface area contributed by atoms with E-state index in [0.29, 0.717) is 6.54 Å². The molecule has 0 spiro atoms. The summed E-state index contributed by atoms with van der Waals surface area (Å²) in [6.07, 6.45) is 5.18. The highest BCUT2D eigenvalue weighted by atomic mass is 16.4. The first-order valence-corrected chi connectivity index (χ1v) is 8.09. The van der Waals surface area contributed by atoms with E-state index in [1.54, 1.807) is 25.6 Å². The Morgan fingerprint density at radius 2 is 2.08 bits per heavy atom. The number of anilines is 1. The van der Waals surface area contributed by atoms with Crippen molar-refractivity contribution in [1.29, 1.82) is 0 Å². The average Bonchev–Trinajstić information content (AvgIpc) is 3.28. The minimum Gasteiger partial charge on any atom is -0.465 e. The van der Waals surface area contributed by atoms with E-state index >= 15 is 0 Å². The van der Waals surface area contributed by atoms with Crippen molar-refractivity contribution in [3.05, 3.63) is 42.9 Å². The van der Waals surface area contributed by atoms with Gasteiger partial charge in [-0.05, 0) is 30.7 Å². The molecule has 3 aromatic rings. The maximum Gasteiger partial charge on any atom is 0.407 e. The topological polar surface area (TPSA) is 86.9 Å². The van der Waals surface area contributed by atoms with E-state index in [1.165, 1.54) is 4.90 Å². The number of nitrogens with zero attached hydrogens (tertiary/aromatic N) is 6. The number of amides is 1. The lowest BCUT2D eigenvalue weighted by molar-refractivity contribution is 0.142. The minimum absolute atomic E-state index is 0.0162. The largest absolute Gasteiger partial charge is 0.465 e. The van der Waals surface area contributed by atoms with E-state index in [9.17, 15) is 4.79 Å². The van der Waals surface area contributed by atoms with Crippen LogP contribution in [0.4, 0.5) is 10.6 Å². The van der Waals surface area contributed by atoms with Gasteiger partial charge in [-0.1, -0.05) is 0 Å². The molecule has 1 unspecified atom stereocenters. The van der Waals surface area contributed by atoms with Crippen LogP contribution in [0.3, 0.4) is 0 Å². The second-order valence-corrected chi connectivity index (χ2v) is 6.12. The SMILES string of the molecule is CN(C(=O)O)C1CCN(c2ccc3ncc(-c4ccncc4)n3n2)C1. The van der Waals surface area contributed by atoms with Crippen molar-refractivity contribution in [2.45, 2.75) is 12.5 Å². The highest BCUT2D eigenvalue weighted by Crippen LogP contribution is 2.24. The fourth-order valence-corrected chi connectivity index (χ4v) is 3.17. The van der Waals surface area contributed by atoms with Gasteiger partial charge in [0.2, 0.25) is 0 Å². The molecule has 1 aliphatic heterocycles. The number of imidazole rings is 1. The molecule has 0 bridgehead atoms. The van der Waals surface area contributed by atoms with E-state index in [-0.39, 0.29) is 6.04 Å². The molecular weight excluding hydrogens is 320 g/mol. The summed E-state index contributed by atoms with van der Waals surface area (Å²) in [7, 11) is 1.62. The van der Waals surface area contributed by atoms with Crippen LogP contribution in [0.15, 0.2) is 42.9 Å². The van der Waals surface area contributed by atoms with Gasteiger partial charge >= 0.3 is 6.09 Å². The molecule has 0 aromatic carbocycles. The molecule has 4 heterocycles. The molecule has 1 amide bonds. The summed E-state index contributed by atoms with van der Waals surface area (Å²) in [5, 5.41) is 13.9. The van der Waals surface area contributed by atoms with Crippen LogP contribution in [0.5, 0.6) is 0 Å². The summed E-state index contributed by atoms with van der Waals surface area (Å²) in [6.45, 7) is 1.42. The van der Waals surface area contributed by atoms with Crippen molar-refractivity contribution in [2.75, 3.05) is 25.0 Å². The van der Waals surface area contributed by atoms with Crippen LogP contribution in [0.2, 0.25) is 0 Å². The predicted molar refractivity (Wildman–Crippen MR) is 92.6 cm³/mol. The zero-order chi connectivity index (χ0) is 17.4. The first-order chi connectivity index (χ1) is 12.1. The van der Waals surface area contributed by atoms with E-state index in [4.69, 9.17) is 10.2 Å². The van der Waals surface area contributed by atoms with Crippen molar-refractivity contribution in [3.8, 4) is 11.3 Å². The molecule has 128 valence electrons. The van der Waals surface area contributed by atoms with E-state index < -0.39 is 6.09 Å². The zero-order valence-corrected chi connectivity index (χ0v) is 13.8. The first-order valence-electron chi connectivity index (χ1n) is 8.09. The molecule has 1 atom stereocenters. The van der Waals surface area contributed by atoms with Crippen LogP contribution in [0, 0.1) is 0 Å². The molecule has 0 aliphatic carbocycles. The number of pyridine rings is 1. The van der Waals surface area contributed by atoms with Gasteiger partial charge in [0.25, 0.3) is 0 Å². The fourth-order valence-electron chi connectivity index (χ4n) is 3.17. The Kier molecular flexibility index (Phi) is 3.72. The molecule has 8 heteroatoms. The number of aromatic nitrogens is 4. The Balaban J connectivity index is 1.65. The van der Waals surface area contributed by atoms with Gasteiger partial charge in [-0.15, -0.1) is 5.10 Å². The number of carboxylic acid groups (broad SMARTS) is 1. The quantitative estimate of drug-likeness (QED) is 0.786. The fraction of sp³-hybridized carbons (Fsp3) is 0.294. The Morgan fingerprint density at radius 3 is 2.84 bits per heavy atom. The van der Waals surface area contributed by atoms with Crippen LogP contribution in [0.25, 0.3) is 16.9 Å². The lowest BCUT2D eigenvalue weighted by atomic mass is 10.2. The first kappa shape index (κ1) is 15.4. The van der Waals surface area contributed by atoms with E-state index in [1.807, 2.05) is 28.8 Å². The lowest BCUT2D eigenvalue weighted by Crippen LogP contribution is -2.38. The van der Waals surface area contributed by atoms with Gasteiger partial charge in [-0.25, -0.2) is 14.3 Å². The second-order valence-electron chi connectivity index (χ2n) is 6.12. The van der Waals surface area contributed by atoms with Gasteiger partial charge in [-0.3, -0.25) is 4.98 Å². The smallest absolute Gasteiger partial charge is 0.407 e. The molecule has 0 radical (unpaired) electrons. The second kappa shape index (κ2) is 6.04. The van der Waals surface area contributed by atoms with Gasteiger partial charge < -0.3 is 14.9 Å². The maximum atomic E-state index is 11.1. The predicted octanol–water partition coefficient (Wildman–Crippen LogP) is 1.98. The maximum absolute atomic E-state index is 11.1. The summed E-state index contributed by atoms with van der Waals surface area (Å²) in [5.41, 5.74) is 2.67. The molecule has 1 fully saturated rings. The highest BCUT2D eigenvalue weighted by Gasteiger charge is 2.29. The third-order valence-corrected chi connectivity index (χ3v) is 4.66. The van der Waals surface area contributed by atoms with Crippen molar-refractivity contribution in [2.24, 2.45) is 0 Å². The summed E-state index contributed by atoms with van der Waals surface area (Å²) >= 11 is 0. The average molecular weight is 338 g/mol. The third-order valence-electron chi connectivity index (χ3n) is 4.66. The Hall–Kier alpha value is -3.16. The molecule has 1 saturated heterocycles. The summed E-state index contributed by atoms with van der Waals surface area (Å²) < 4.78 is 1.82. The lowest BCUT2D eigenvalue weighted by Gasteiger charge is -2.22. The molecule has 0 saturated carbocycles. The zero-order valence-electron chi connectivity index (χ0n) is 13.8. The summed E-state index contributed by atoms with van der Waals surface area (Å²) in [4.78, 5) is 23.1. The van der Waals surface area contributed by atoms with Crippen molar-refractivity contribution in [3.63, 3.8) is 0 Å². The number of likely N-dealkylation sites (N-methyl/N-ethyl adjacent to an activating group) is 1. The van der Waals surface area contributed by atoms with Crippen LogP contribution in [-0.4, -0.2) is 61.9 Å². The monoisotopic (exact) mass is 338 g/mol. The molecule has 4 rings (SSSR count). The number of rotatable bonds is 3. The van der Waals surface area contributed by atoms with Crippen LogP contribution < -0.4 is 4.90 Å². The molecule has 25 heavy (non-hydrogen) atoms. The van der Waals surface area contributed by atoms with Gasteiger partial charge in [0.05, 0.1) is 17.9 Å². The summed E-state index contributed by atoms with van der Waals surface area (Å²) in [5.74, 6) is 0.821. The Labute approximate surface area is 144 Å². The van der Waals surface area contributed by atoms with Crippen LogP contribution >= 0.6 is 0 Å². The van der Waals surface area contributed by atoms with Crippen LogP contribution in [0.1, 0.15) is 6.42 Å².